The third-order valence-corrected chi connectivity index (χ3v) is 6.82. The molecule has 0 spiro atoms. The minimum Gasteiger partial charge on any atom is -0.493 e. The van der Waals surface area contributed by atoms with Crippen LogP contribution in [0.4, 0.5) is 0 Å². The number of carbonyl (C=O) groups excluding carboxylic acids is 1. The Hall–Kier alpha value is -3.30. The van der Waals surface area contributed by atoms with Crippen LogP contribution in [0.15, 0.2) is 76.4 Å². The molecule has 0 unspecified atom stereocenters. The molecule has 0 saturated heterocycles. The molecular weight excluding hydrogens is 528 g/mol. The molecular formula is C26H25BrN4O3S. The summed E-state index contributed by atoms with van der Waals surface area (Å²) in [4.78, 5) is 12.9. The van der Waals surface area contributed by atoms with Crippen molar-refractivity contribution in [2.75, 3.05) is 14.2 Å². The highest BCUT2D eigenvalue weighted by Crippen LogP contribution is 2.28. The fourth-order valence-electron chi connectivity index (χ4n) is 3.50. The number of rotatable bonds is 9. The first-order valence-electron chi connectivity index (χ1n) is 10.9. The van der Waals surface area contributed by atoms with Gasteiger partial charge in [0, 0.05) is 21.5 Å². The van der Waals surface area contributed by atoms with Crippen LogP contribution >= 0.6 is 27.7 Å². The number of thioether (sulfide) groups is 1. The van der Waals surface area contributed by atoms with E-state index in [1.165, 1.54) is 12.7 Å². The Labute approximate surface area is 217 Å². The smallest absolute Gasteiger partial charge is 0.251 e. The number of aromatic nitrogens is 3. The van der Waals surface area contributed by atoms with Crippen LogP contribution in [-0.4, -0.2) is 34.9 Å². The zero-order valence-electron chi connectivity index (χ0n) is 19.6. The summed E-state index contributed by atoms with van der Waals surface area (Å²) in [6.45, 7) is 2.26. The van der Waals surface area contributed by atoms with Gasteiger partial charge in [0.25, 0.3) is 5.91 Å². The summed E-state index contributed by atoms with van der Waals surface area (Å²) in [5.74, 6) is 2.21. The average molecular weight is 553 g/mol. The van der Waals surface area contributed by atoms with Gasteiger partial charge >= 0.3 is 0 Å². The lowest BCUT2D eigenvalue weighted by Gasteiger charge is -2.12. The lowest BCUT2D eigenvalue weighted by Crippen LogP contribution is -2.24. The highest BCUT2D eigenvalue weighted by atomic mass is 79.9. The third kappa shape index (κ3) is 6.04. The number of amides is 1. The van der Waals surface area contributed by atoms with E-state index in [1.807, 2.05) is 41.8 Å². The number of hydrogen-bond donors (Lipinski definition) is 1. The molecule has 4 aromatic rings. The number of ether oxygens (including phenoxy) is 2. The Kier molecular flexibility index (Phi) is 8.09. The zero-order valence-corrected chi connectivity index (χ0v) is 22.0. The zero-order chi connectivity index (χ0) is 24.8. The Morgan fingerprint density at radius 3 is 2.49 bits per heavy atom. The summed E-state index contributed by atoms with van der Waals surface area (Å²) in [5.41, 5.74) is 3.72. The molecule has 1 N–H and O–H groups in total. The summed E-state index contributed by atoms with van der Waals surface area (Å²) >= 11 is 5.07. The second kappa shape index (κ2) is 11.4. The maximum atomic E-state index is 12.9. The molecule has 0 atom stereocenters. The Balaban J connectivity index is 1.56. The van der Waals surface area contributed by atoms with Gasteiger partial charge in [-0.3, -0.25) is 9.36 Å². The molecule has 0 bridgehead atoms. The number of nitrogens with one attached hydrogen (secondary N) is 1. The second-order valence-corrected chi connectivity index (χ2v) is 9.60. The van der Waals surface area contributed by atoms with Crippen LogP contribution in [0.3, 0.4) is 0 Å². The molecule has 180 valence electrons. The Morgan fingerprint density at radius 1 is 1.00 bits per heavy atom. The standard InChI is InChI=1S/C26H25BrN4O3S/c1-17-5-4-6-21(13-17)31-24(29-30-26(31)35-16-18-7-10-20(27)11-8-18)15-28-25(32)19-9-12-22(33-2)23(14-19)34-3/h4-14H,15-16H2,1-3H3,(H,28,32). The first-order chi connectivity index (χ1) is 17.0. The van der Waals surface area contributed by atoms with Crippen molar-refractivity contribution in [3.05, 3.63) is 93.7 Å². The van der Waals surface area contributed by atoms with Crippen LogP contribution in [0.25, 0.3) is 5.69 Å². The minimum atomic E-state index is -0.242. The van der Waals surface area contributed by atoms with Gasteiger partial charge in [-0.05, 0) is 60.5 Å². The fraction of sp³-hybridized carbons (Fsp3) is 0.192. The summed E-state index contributed by atoms with van der Waals surface area (Å²) in [6.07, 6.45) is 0. The van der Waals surface area contributed by atoms with E-state index in [-0.39, 0.29) is 12.5 Å². The Bertz CT molecular complexity index is 1320. The number of halogens is 1. The molecule has 1 aromatic heterocycles. The highest BCUT2D eigenvalue weighted by Gasteiger charge is 2.17. The van der Waals surface area contributed by atoms with E-state index in [4.69, 9.17) is 9.47 Å². The van der Waals surface area contributed by atoms with E-state index >= 15 is 0 Å². The van der Waals surface area contributed by atoms with Crippen LogP contribution in [0.5, 0.6) is 11.5 Å². The molecule has 9 heteroatoms. The van der Waals surface area contributed by atoms with E-state index in [0.717, 1.165) is 26.6 Å². The monoisotopic (exact) mass is 552 g/mol. The van der Waals surface area contributed by atoms with Crippen molar-refractivity contribution in [3.8, 4) is 17.2 Å². The fourth-order valence-corrected chi connectivity index (χ4v) is 4.69. The van der Waals surface area contributed by atoms with Crippen molar-refractivity contribution >= 4 is 33.6 Å². The van der Waals surface area contributed by atoms with E-state index in [2.05, 4.69) is 49.6 Å². The number of aryl methyl sites for hydroxylation is 1. The topological polar surface area (TPSA) is 78.3 Å². The number of methoxy groups -OCH3 is 2. The van der Waals surface area contributed by atoms with Gasteiger partial charge in [-0.1, -0.05) is 52.0 Å². The molecule has 0 fully saturated rings. The quantitative estimate of drug-likeness (QED) is 0.273. The third-order valence-electron chi connectivity index (χ3n) is 5.29. The van der Waals surface area contributed by atoms with Crippen LogP contribution in [-0.2, 0) is 12.3 Å². The van der Waals surface area contributed by atoms with Gasteiger partial charge in [0.05, 0.1) is 20.8 Å². The summed E-state index contributed by atoms with van der Waals surface area (Å²) < 4.78 is 13.6. The molecule has 0 radical (unpaired) electrons. The highest BCUT2D eigenvalue weighted by molar-refractivity contribution is 9.10. The van der Waals surface area contributed by atoms with Gasteiger partial charge < -0.3 is 14.8 Å². The summed E-state index contributed by atoms with van der Waals surface area (Å²) in [6, 6.07) is 21.4. The largest absolute Gasteiger partial charge is 0.493 e. The van der Waals surface area contributed by atoms with Crippen LogP contribution in [0.1, 0.15) is 27.3 Å². The molecule has 3 aromatic carbocycles. The van der Waals surface area contributed by atoms with Crippen molar-refractivity contribution < 1.29 is 14.3 Å². The van der Waals surface area contributed by atoms with Crippen molar-refractivity contribution in [2.24, 2.45) is 0 Å². The summed E-state index contributed by atoms with van der Waals surface area (Å²) in [5, 5.41) is 12.5. The number of nitrogens with zero attached hydrogens (tertiary/aromatic N) is 3. The van der Waals surface area contributed by atoms with Gasteiger partial charge in [0.15, 0.2) is 22.5 Å². The Morgan fingerprint density at radius 2 is 1.77 bits per heavy atom. The molecule has 0 aliphatic carbocycles. The van der Waals surface area contributed by atoms with E-state index in [0.29, 0.717) is 22.9 Å². The van der Waals surface area contributed by atoms with E-state index < -0.39 is 0 Å². The molecule has 7 nitrogen and oxygen atoms in total. The molecule has 4 rings (SSSR count). The van der Waals surface area contributed by atoms with Crippen LogP contribution in [0, 0.1) is 6.92 Å². The summed E-state index contributed by atoms with van der Waals surface area (Å²) in [7, 11) is 3.10. The maximum Gasteiger partial charge on any atom is 0.251 e. The van der Waals surface area contributed by atoms with Crippen molar-refractivity contribution in [2.45, 2.75) is 24.4 Å². The van der Waals surface area contributed by atoms with Gasteiger partial charge in [0.1, 0.15) is 0 Å². The molecule has 35 heavy (non-hydrogen) atoms. The molecule has 0 saturated carbocycles. The average Bonchev–Trinajstić information content (AvgIpc) is 3.29. The lowest BCUT2D eigenvalue weighted by atomic mass is 10.2. The number of carbonyl (C=O) groups is 1. The van der Waals surface area contributed by atoms with Gasteiger partial charge in [0.2, 0.25) is 0 Å². The SMILES string of the molecule is COc1ccc(C(=O)NCc2nnc(SCc3ccc(Br)cc3)n2-c2cccc(C)c2)cc1OC. The molecule has 1 amide bonds. The van der Waals surface area contributed by atoms with Gasteiger partial charge in [-0.2, -0.15) is 0 Å². The van der Waals surface area contributed by atoms with E-state index in [1.54, 1.807) is 37.1 Å². The van der Waals surface area contributed by atoms with Crippen LogP contribution in [0.2, 0.25) is 0 Å². The first kappa shape index (κ1) is 24.8. The maximum absolute atomic E-state index is 12.9. The molecule has 1 heterocycles. The minimum absolute atomic E-state index is 0.215. The van der Waals surface area contributed by atoms with Crippen molar-refractivity contribution in [1.82, 2.24) is 20.1 Å². The molecule has 0 aliphatic heterocycles. The predicted molar refractivity (Wildman–Crippen MR) is 141 cm³/mol. The first-order valence-corrected chi connectivity index (χ1v) is 12.6. The van der Waals surface area contributed by atoms with Crippen LogP contribution < -0.4 is 14.8 Å². The predicted octanol–water partition coefficient (Wildman–Crippen LogP) is 5.58. The second-order valence-electron chi connectivity index (χ2n) is 7.74. The van der Waals surface area contributed by atoms with Crippen molar-refractivity contribution in [1.29, 1.82) is 0 Å². The number of benzene rings is 3. The van der Waals surface area contributed by atoms with E-state index in [9.17, 15) is 4.79 Å². The molecule has 0 aliphatic rings. The van der Waals surface area contributed by atoms with Gasteiger partial charge in [-0.25, -0.2) is 0 Å². The normalized spacial score (nSPS) is 10.7. The van der Waals surface area contributed by atoms with Gasteiger partial charge in [-0.15, -0.1) is 10.2 Å². The van der Waals surface area contributed by atoms with Crippen molar-refractivity contribution in [3.63, 3.8) is 0 Å². The lowest BCUT2D eigenvalue weighted by molar-refractivity contribution is 0.0949. The number of hydrogen-bond acceptors (Lipinski definition) is 6.